The van der Waals surface area contributed by atoms with E-state index in [0.717, 1.165) is 29.5 Å². The van der Waals surface area contributed by atoms with Gasteiger partial charge in [0, 0.05) is 17.5 Å². The van der Waals surface area contributed by atoms with Gasteiger partial charge in [0.15, 0.2) is 16.7 Å². The van der Waals surface area contributed by atoms with E-state index in [1.54, 1.807) is 17.8 Å². The van der Waals surface area contributed by atoms with Gasteiger partial charge in [-0.25, -0.2) is 4.39 Å². The van der Waals surface area contributed by atoms with Crippen molar-refractivity contribution in [2.24, 2.45) is 4.99 Å². The average Bonchev–Trinajstić information content (AvgIpc) is 2.90. The molecule has 3 rings (SSSR count). The van der Waals surface area contributed by atoms with E-state index in [4.69, 9.17) is 4.74 Å². The molecule has 0 fully saturated rings. The second-order valence-corrected chi connectivity index (χ2v) is 4.62. The van der Waals surface area contributed by atoms with Gasteiger partial charge in [-0.3, -0.25) is 4.99 Å². The van der Waals surface area contributed by atoms with E-state index in [-0.39, 0.29) is 28.5 Å². The molecular formula is C12H12BrFN2OS. The van der Waals surface area contributed by atoms with Crippen LogP contribution < -0.4 is 4.74 Å². The monoisotopic (exact) mass is 330 g/mol. The van der Waals surface area contributed by atoms with Gasteiger partial charge in [-0.1, -0.05) is 11.8 Å². The quantitative estimate of drug-likeness (QED) is 0.832. The lowest BCUT2D eigenvalue weighted by molar-refractivity contribution is 0.386. The average molecular weight is 331 g/mol. The fraction of sp³-hybridized carbons (Fsp3) is 0.250. The molecule has 6 heteroatoms. The number of amidine groups is 1. The second-order valence-electron chi connectivity index (χ2n) is 3.79. The summed E-state index contributed by atoms with van der Waals surface area (Å²) in [5.74, 6) is -0.0594. The topological polar surface area (TPSA) is 24.8 Å². The van der Waals surface area contributed by atoms with Crippen molar-refractivity contribution >= 4 is 39.6 Å². The minimum atomic E-state index is -0.333. The van der Waals surface area contributed by atoms with Crippen LogP contribution in [0.5, 0.6) is 5.75 Å². The van der Waals surface area contributed by atoms with Crippen molar-refractivity contribution in [2.45, 2.75) is 0 Å². The molecule has 0 aromatic heterocycles. The first-order chi connectivity index (χ1) is 8.29. The van der Waals surface area contributed by atoms with Crippen LogP contribution in [0, 0.1) is 5.82 Å². The molecule has 2 aliphatic rings. The van der Waals surface area contributed by atoms with Gasteiger partial charge < -0.3 is 9.64 Å². The molecule has 18 heavy (non-hydrogen) atoms. The number of nitrogens with zero attached hydrogens (tertiary/aromatic N) is 2. The minimum absolute atomic E-state index is 0. The van der Waals surface area contributed by atoms with Crippen LogP contribution in [0.4, 0.5) is 4.39 Å². The molecule has 0 radical (unpaired) electrons. The normalized spacial score (nSPS) is 16.9. The highest BCUT2D eigenvalue weighted by molar-refractivity contribution is 8.93. The standard InChI is InChI=1S/C12H11FN2OS.BrH/c1-16-11-3-2-8(6-9(11)13)10-7-17-12-14-4-5-15(10)12;/h2-3,6-7H,4-5H2,1H3;1H. The maximum atomic E-state index is 13.6. The number of benzene rings is 1. The van der Waals surface area contributed by atoms with Gasteiger partial charge in [0.1, 0.15) is 0 Å². The van der Waals surface area contributed by atoms with Gasteiger partial charge in [-0.15, -0.1) is 17.0 Å². The Morgan fingerprint density at radius 2 is 2.28 bits per heavy atom. The predicted octanol–water partition coefficient (Wildman–Crippen LogP) is 3.13. The molecule has 1 aromatic rings. The Balaban J connectivity index is 0.00000120. The van der Waals surface area contributed by atoms with Crippen LogP contribution in [0.3, 0.4) is 0 Å². The fourth-order valence-electron chi connectivity index (χ4n) is 1.97. The molecule has 0 unspecified atom stereocenters. The molecule has 0 saturated carbocycles. The van der Waals surface area contributed by atoms with Crippen molar-refractivity contribution in [3.63, 3.8) is 0 Å². The highest BCUT2D eigenvalue weighted by Gasteiger charge is 2.27. The van der Waals surface area contributed by atoms with Gasteiger partial charge in [-0.05, 0) is 18.2 Å². The summed E-state index contributed by atoms with van der Waals surface area (Å²) in [6, 6.07) is 5.03. The molecule has 2 aliphatic heterocycles. The second kappa shape index (κ2) is 5.32. The van der Waals surface area contributed by atoms with Gasteiger partial charge in [-0.2, -0.15) is 0 Å². The number of aliphatic imine (C=N–C) groups is 1. The van der Waals surface area contributed by atoms with Gasteiger partial charge in [0.05, 0.1) is 19.4 Å². The summed E-state index contributed by atoms with van der Waals surface area (Å²) in [5, 5.41) is 3.02. The largest absolute Gasteiger partial charge is 0.494 e. The number of fused-ring (bicyclic) bond motifs is 1. The van der Waals surface area contributed by atoms with Crippen molar-refractivity contribution in [1.82, 2.24) is 4.90 Å². The van der Waals surface area contributed by atoms with Gasteiger partial charge >= 0.3 is 0 Å². The van der Waals surface area contributed by atoms with E-state index in [1.165, 1.54) is 13.2 Å². The van der Waals surface area contributed by atoms with Gasteiger partial charge in [0.2, 0.25) is 0 Å². The van der Waals surface area contributed by atoms with E-state index in [0.29, 0.717) is 0 Å². The van der Waals surface area contributed by atoms with Gasteiger partial charge in [0.25, 0.3) is 0 Å². The lowest BCUT2D eigenvalue weighted by Crippen LogP contribution is -2.19. The zero-order chi connectivity index (χ0) is 11.8. The number of rotatable bonds is 2. The smallest absolute Gasteiger partial charge is 0.168 e. The summed E-state index contributed by atoms with van der Waals surface area (Å²) in [6.45, 7) is 1.69. The lowest BCUT2D eigenvalue weighted by atomic mass is 10.1. The Labute approximate surface area is 119 Å². The molecule has 0 bridgehead atoms. The molecule has 0 amide bonds. The Bertz CT molecular complexity index is 533. The molecule has 0 N–H and O–H groups in total. The molecule has 0 aliphatic carbocycles. The Hall–Kier alpha value is -1.01. The SMILES string of the molecule is Br.COc1ccc(C2=CSC3=NCCN23)cc1F. The van der Waals surface area contributed by atoms with Crippen LogP contribution in [0.2, 0.25) is 0 Å². The Morgan fingerprint density at radius 1 is 1.44 bits per heavy atom. The van der Waals surface area contributed by atoms with Crippen LogP contribution in [-0.4, -0.2) is 30.3 Å². The first-order valence-corrected chi connectivity index (χ1v) is 6.20. The van der Waals surface area contributed by atoms with Crippen molar-refractivity contribution in [3.05, 3.63) is 35.0 Å². The lowest BCUT2D eigenvalue weighted by Gasteiger charge is -2.16. The Kier molecular flexibility index (Phi) is 3.97. The number of halogens is 2. The highest BCUT2D eigenvalue weighted by atomic mass is 79.9. The maximum absolute atomic E-state index is 13.6. The summed E-state index contributed by atoms with van der Waals surface area (Å²) >= 11 is 1.59. The van der Waals surface area contributed by atoms with Crippen LogP contribution >= 0.6 is 28.7 Å². The fourth-order valence-corrected chi connectivity index (χ4v) is 2.94. The van der Waals surface area contributed by atoms with E-state index in [9.17, 15) is 4.39 Å². The van der Waals surface area contributed by atoms with E-state index < -0.39 is 0 Å². The third kappa shape index (κ3) is 2.14. The third-order valence-electron chi connectivity index (χ3n) is 2.82. The predicted molar refractivity (Wildman–Crippen MR) is 77.9 cm³/mol. The number of ether oxygens (including phenoxy) is 1. The minimum Gasteiger partial charge on any atom is -0.494 e. The molecule has 2 heterocycles. The molecule has 0 saturated heterocycles. The summed E-state index contributed by atoms with van der Waals surface area (Å²) in [7, 11) is 1.47. The van der Waals surface area contributed by atoms with Crippen LogP contribution in [0.15, 0.2) is 28.6 Å². The van der Waals surface area contributed by atoms with Crippen LogP contribution in [-0.2, 0) is 0 Å². The molecule has 3 nitrogen and oxygen atoms in total. The zero-order valence-corrected chi connectivity index (χ0v) is 12.3. The number of methoxy groups -OCH3 is 1. The van der Waals surface area contributed by atoms with Crippen LogP contribution in [0.1, 0.15) is 5.56 Å². The molecule has 0 spiro atoms. The summed E-state index contributed by atoms with van der Waals surface area (Å²) in [6.07, 6.45) is 0. The first-order valence-electron chi connectivity index (χ1n) is 5.32. The van der Waals surface area contributed by atoms with E-state index >= 15 is 0 Å². The molecular weight excluding hydrogens is 319 g/mol. The van der Waals surface area contributed by atoms with E-state index in [1.807, 2.05) is 11.5 Å². The molecule has 1 aromatic carbocycles. The highest BCUT2D eigenvalue weighted by Crippen LogP contribution is 2.36. The molecule has 96 valence electrons. The zero-order valence-electron chi connectivity index (χ0n) is 9.72. The Morgan fingerprint density at radius 3 is 3.00 bits per heavy atom. The third-order valence-corrected chi connectivity index (χ3v) is 3.72. The summed E-state index contributed by atoms with van der Waals surface area (Å²) in [5.41, 5.74) is 1.88. The maximum Gasteiger partial charge on any atom is 0.168 e. The first kappa shape index (κ1) is 13.4. The number of hydrogen-bond donors (Lipinski definition) is 0. The van der Waals surface area contributed by atoms with Crippen LogP contribution in [0.25, 0.3) is 5.70 Å². The number of thioether (sulfide) groups is 1. The van der Waals surface area contributed by atoms with Crippen molar-refractivity contribution in [2.75, 3.05) is 20.2 Å². The summed E-state index contributed by atoms with van der Waals surface area (Å²) < 4.78 is 18.6. The van der Waals surface area contributed by atoms with Crippen molar-refractivity contribution in [1.29, 1.82) is 0 Å². The number of hydrogen-bond acceptors (Lipinski definition) is 4. The van der Waals surface area contributed by atoms with E-state index in [2.05, 4.69) is 9.89 Å². The van der Waals surface area contributed by atoms with Crippen molar-refractivity contribution < 1.29 is 9.13 Å². The summed E-state index contributed by atoms with van der Waals surface area (Å²) in [4.78, 5) is 6.48. The van der Waals surface area contributed by atoms with Crippen molar-refractivity contribution in [3.8, 4) is 5.75 Å². The molecule has 0 atom stereocenters.